The number of rotatable bonds is 4. The van der Waals surface area contributed by atoms with E-state index in [0.717, 1.165) is 12.1 Å². The van der Waals surface area contributed by atoms with Crippen molar-refractivity contribution in [3.05, 3.63) is 35.4 Å². The first-order chi connectivity index (χ1) is 9.26. The lowest BCUT2D eigenvalue weighted by molar-refractivity contribution is 0.0541. The van der Waals surface area contributed by atoms with E-state index in [9.17, 15) is 19.0 Å². The fourth-order valence-corrected chi connectivity index (χ4v) is 2.64. The summed E-state index contributed by atoms with van der Waals surface area (Å²) in [7, 11) is 0. The molecule has 1 saturated heterocycles. The third-order valence-electron chi connectivity index (χ3n) is 3.71. The van der Waals surface area contributed by atoms with E-state index in [-0.39, 0.29) is 11.6 Å². The molecule has 0 saturated carbocycles. The Morgan fingerprint density at radius 3 is 2.70 bits per heavy atom. The number of hydrogen-bond donors (Lipinski definition) is 2. The van der Waals surface area contributed by atoms with Crippen molar-refractivity contribution < 1.29 is 19.0 Å². The monoisotopic (exact) mass is 285 g/mol. The van der Waals surface area contributed by atoms with Crippen LogP contribution in [0.2, 0.25) is 0 Å². The van der Waals surface area contributed by atoms with Crippen LogP contribution >= 0.6 is 0 Å². The third-order valence-corrected chi connectivity index (χ3v) is 3.71. The first kappa shape index (κ1) is 15.4. The summed E-state index contributed by atoms with van der Waals surface area (Å²) in [4.78, 5) is 1.90. The van der Waals surface area contributed by atoms with Crippen LogP contribution in [0.4, 0.5) is 8.78 Å². The van der Waals surface area contributed by atoms with E-state index in [4.69, 9.17) is 0 Å². The van der Waals surface area contributed by atoms with Crippen LogP contribution in [-0.4, -0.2) is 39.9 Å². The van der Waals surface area contributed by atoms with E-state index in [1.54, 1.807) is 13.8 Å². The molecule has 0 spiro atoms. The van der Waals surface area contributed by atoms with Gasteiger partial charge in [0.2, 0.25) is 0 Å². The average molecular weight is 285 g/mol. The summed E-state index contributed by atoms with van der Waals surface area (Å²) >= 11 is 0. The predicted molar refractivity (Wildman–Crippen MR) is 72.2 cm³/mol. The summed E-state index contributed by atoms with van der Waals surface area (Å²) in [5, 5.41) is 19.6. The maximum Gasteiger partial charge on any atom is 0.128 e. The second-order valence-corrected chi connectivity index (χ2v) is 6.13. The van der Waals surface area contributed by atoms with E-state index in [1.807, 2.05) is 4.90 Å². The van der Waals surface area contributed by atoms with Gasteiger partial charge in [-0.3, -0.25) is 4.90 Å². The fourth-order valence-electron chi connectivity index (χ4n) is 2.64. The summed E-state index contributed by atoms with van der Waals surface area (Å²) in [6, 6.07) is 3.05. The molecular weight excluding hydrogens is 264 g/mol. The minimum Gasteiger partial charge on any atom is -0.392 e. The molecule has 0 radical (unpaired) electrons. The molecule has 0 bridgehead atoms. The highest BCUT2D eigenvalue weighted by atomic mass is 19.1. The topological polar surface area (TPSA) is 43.7 Å². The Kier molecular flexibility index (Phi) is 4.42. The molecule has 112 valence electrons. The van der Waals surface area contributed by atoms with Crippen molar-refractivity contribution in [3.8, 4) is 0 Å². The quantitative estimate of drug-likeness (QED) is 0.891. The molecule has 0 amide bonds. The molecule has 1 aliphatic rings. The maximum absolute atomic E-state index is 13.9. The summed E-state index contributed by atoms with van der Waals surface area (Å²) in [5.74, 6) is -0.941. The second kappa shape index (κ2) is 5.76. The van der Waals surface area contributed by atoms with Crippen molar-refractivity contribution in [2.24, 2.45) is 0 Å². The Hall–Kier alpha value is -1.04. The van der Waals surface area contributed by atoms with Crippen molar-refractivity contribution >= 4 is 0 Å². The van der Waals surface area contributed by atoms with Crippen LogP contribution in [0.1, 0.15) is 38.3 Å². The van der Waals surface area contributed by atoms with Gasteiger partial charge in [-0.25, -0.2) is 8.78 Å². The largest absolute Gasteiger partial charge is 0.392 e. The average Bonchev–Trinajstić information content (AvgIpc) is 2.70. The lowest BCUT2D eigenvalue weighted by Gasteiger charge is -2.27. The van der Waals surface area contributed by atoms with E-state index in [2.05, 4.69) is 0 Å². The minimum absolute atomic E-state index is 0.275. The minimum atomic E-state index is -0.821. The molecule has 1 aliphatic heterocycles. The number of aliphatic hydroxyl groups is 2. The van der Waals surface area contributed by atoms with E-state index >= 15 is 0 Å². The molecule has 1 heterocycles. The highest BCUT2D eigenvalue weighted by Crippen LogP contribution is 2.34. The number of nitrogens with zero attached hydrogens (tertiary/aromatic N) is 1. The Balaban J connectivity index is 2.17. The summed E-state index contributed by atoms with van der Waals surface area (Å²) < 4.78 is 27.2. The number of aliphatic hydroxyl groups excluding tert-OH is 1. The van der Waals surface area contributed by atoms with Crippen molar-refractivity contribution in [1.29, 1.82) is 0 Å². The Labute approximate surface area is 117 Å². The van der Waals surface area contributed by atoms with Gasteiger partial charge in [0, 0.05) is 24.7 Å². The maximum atomic E-state index is 13.9. The number of hydrogen-bond acceptors (Lipinski definition) is 3. The van der Waals surface area contributed by atoms with Gasteiger partial charge in [0.15, 0.2) is 0 Å². The van der Waals surface area contributed by atoms with Crippen LogP contribution in [-0.2, 0) is 0 Å². The Morgan fingerprint density at radius 1 is 1.35 bits per heavy atom. The molecule has 2 rings (SSSR count). The zero-order valence-corrected chi connectivity index (χ0v) is 11.8. The van der Waals surface area contributed by atoms with Crippen LogP contribution < -0.4 is 0 Å². The third kappa shape index (κ3) is 3.75. The number of halogens is 2. The zero-order chi connectivity index (χ0) is 14.9. The lowest BCUT2D eigenvalue weighted by Crippen LogP contribution is -2.32. The molecule has 0 aromatic heterocycles. The van der Waals surface area contributed by atoms with Crippen LogP contribution in [0.3, 0.4) is 0 Å². The van der Waals surface area contributed by atoms with Gasteiger partial charge in [-0.15, -0.1) is 0 Å². The summed E-state index contributed by atoms with van der Waals surface area (Å²) in [6.45, 7) is 4.35. The molecule has 0 unspecified atom stereocenters. The van der Waals surface area contributed by atoms with E-state index < -0.39 is 23.3 Å². The van der Waals surface area contributed by atoms with Gasteiger partial charge >= 0.3 is 0 Å². The number of benzene rings is 1. The lowest BCUT2D eigenvalue weighted by atomic mass is 10.0. The Morgan fingerprint density at radius 2 is 2.05 bits per heavy atom. The van der Waals surface area contributed by atoms with Crippen LogP contribution in [0.15, 0.2) is 18.2 Å². The molecule has 1 aromatic carbocycles. The molecule has 1 fully saturated rings. The second-order valence-electron chi connectivity index (χ2n) is 6.13. The molecule has 2 atom stereocenters. The molecule has 0 aliphatic carbocycles. The van der Waals surface area contributed by atoms with Gasteiger partial charge in [0.25, 0.3) is 0 Å². The molecular formula is C15H21F2NO2. The fraction of sp³-hybridized carbons (Fsp3) is 0.600. The molecule has 1 aromatic rings. The van der Waals surface area contributed by atoms with E-state index in [1.165, 1.54) is 6.07 Å². The van der Waals surface area contributed by atoms with Crippen molar-refractivity contribution in [2.45, 2.75) is 44.4 Å². The van der Waals surface area contributed by atoms with Crippen LogP contribution in [0.25, 0.3) is 0 Å². The molecule has 2 N–H and O–H groups in total. The highest BCUT2D eigenvalue weighted by molar-refractivity contribution is 5.23. The molecule has 20 heavy (non-hydrogen) atoms. The smallest absolute Gasteiger partial charge is 0.128 e. The van der Waals surface area contributed by atoms with E-state index in [0.29, 0.717) is 25.9 Å². The number of β-amino-alcohol motifs (C(OH)–C–C–N with tert-alkyl or cyclic N) is 1. The molecule has 5 heteroatoms. The van der Waals surface area contributed by atoms with Crippen LogP contribution in [0.5, 0.6) is 0 Å². The van der Waals surface area contributed by atoms with Crippen molar-refractivity contribution in [2.75, 3.05) is 13.1 Å². The standard InChI is InChI=1S/C15H21F2NO2/c1-15(2,20)5-6-18-9-11(19)8-14(18)12-7-10(16)3-4-13(12)17/h3-4,7,11,14,19-20H,5-6,8-9H2,1-2H3/t11-,14+/m1/s1. The van der Waals surface area contributed by atoms with Gasteiger partial charge in [-0.05, 0) is 44.9 Å². The molecule has 3 nitrogen and oxygen atoms in total. The first-order valence-electron chi connectivity index (χ1n) is 6.86. The SMILES string of the molecule is CC(C)(O)CCN1C[C@H](O)C[C@H]1c1cc(F)ccc1F. The highest BCUT2D eigenvalue weighted by Gasteiger charge is 2.34. The van der Waals surface area contributed by atoms with Gasteiger partial charge in [0.05, 0.1) is 11.7 Å². The predicted octanol–water partition coefficient (Wildman–Crippen LogP) is 2.23. The number of likely N-dealkylation sites (tertiary alicyclic amines) is 1. The van der Waals surface area contributed by atoms with Crippen LogP contribution in [0, 0.1) is 11.6 Å². The summed E-state index contributed by atoms with van der Waals surface area (Å²) in [5.41, 5.74) is -0.546. The van der Waals surface area contributed by atoms with Gasteiger partial charge < -0.3 is 10.2 Å². The first-order valence-corrected chi connectivity index (χ1v) is 6.86. The van der Waals surface area contributed by atoms with Crippen molar-refractivity contribution in [1.82, 2.24) is 4.90 Å². The normalized spacial score (nSPS) is 24.3. The van der Waals surface area contributed by atoms with Crippen molar-refractivity contribution in [3.63, 3.8) is 0 Å². The van der Waals surface area contributed by atoms with Gasteiger partial charge in [-0.2, -0.15) is 0 Å². The van der Waals surface area contributed by atoms with Gasteiger partial charge in [-0.1, -0.05) is 0 Å². The Bertz CT molecular complexity index is 473. The zero-order valence-electron chi connectivity index (χ0n) is 11.8. The van der Waals surface area contributed by atoms with Gasteiger partial charge in [0.1, 0.15) is 11.6 Å². The summed E-state index contributed by atoms with van der Waals surface area (Å²) in [6.07, 6.45) is 0.337.